The van der Waals surface area contributed by atoms with Crippen molar-refractivity contribution < 1.29 is 98.1 Å². The van der Waals surface area contributed by atoms with Crippen molar-refractivity contribution in [3.05, 3.63) is 47.7 Å². The van der Waals surface area contributed by atoms with Crippen LogP contribution in [0.4, 0.5) is 0 Å². The van der Waals surface area contributed by atoms with Gasteiger partial charge in [0.1, 0.15) is 84.8 Å². The van der Waals surface area contributed by atoms with Gasteiger partial charge < -0.3 is 99.2 Å². The quantitative estimate of drug-likeness (QED) is 0.0452. The first-order valence-corrected chi connectivity index (χ1v) is 21.2. The Morgan fingerprint density at radius 1 is 0.692 bits per heavy atom. The molecule has 25 nitrogen and oxygen atoms in total. The number of unbranched alkanes of at least 4 members (excludes halogenated alkanes) is 2. The van der Waals surface area contributed by atoms with Crippen molar-refractivity contribution >= 4 is 11.8 Å². The molecule has 12 N–H and O–H groups in total. The van der Waals surface area contributed by atoms with Crippen LogP contribution in [0, 0.1) is 6.92 Å². The molecule has 2 amide bonds. The van der Waals surface area contributed by atoms with Gasteiger partial charge in [-0.3, -0.25) is 9.59 Å². The number of carbonyl (C=O) groups excluding carboxylic acids is 2. The van der Waals surface area contributed by atoms with Crippen LogP contribution >= 0.6 is 0 Å². The molecule has 3 aliphatic rings. The van der Waals surface area contributed by atoms with Crippen LogP contribution in [0.3, 0.4) is 0 Å². The van der Waals surface area contributed by atoms with Crippen molar-refractivity contribution in [1.82, 2.24) is 25.9 Å². The van der Waals surface area contributed by atoms with E-state index in [0.29, 0.717) is 61.9 Å². The van der Waals surface area contributed by atoms with E-state index in [4.69, 9.17) is 37.5 Å². The van der Waals surface area contributed by atoms with Gasteiger partial charge in [0.05, 0.1) is 26.4 Å². The highest BCUT2D eigenvalue weighted by Gasteiger charge is 2.53. The largest absolute Gasteiger partial charge is 0.494 e. The van der Waals surface area contributed by atoms with Crippen molar-refractivity contribution in [2.24, 2.45) is 0 Å². The monoisotopic (exact) mass is 927 g/mol. The van der Waals surface area contributed by atoms with Gasteiger partial charge in [-0.25, -0.2) is 0 Å². The smallest absolute Gasteiger partial charge is 0.273 e. The SMILES string of the molecule is Cc1nc(-c2ccc(OCCCc3cc(C(=O)NCCCCCC(=O)N[C@@H]4O[C@H](CO)[C@@H](O[C@@H]5O[C@H](CO)[C@H](O)[C@H](O[C@@H]6O[C@H](CO)[C@H](O)[C@H](O)[C@H]6O)[C@H]5O)[C@H](O)[C@H]4O)no3)cc2)no1. The van der Waals surface area contributed by atoms with E-state index in [1.54, 1.807) is 25.1 Å². The van der Waals surface area contributed by atoms with Gasteiger partial charge in [0.25, 0.3) is 5.91 Å². The van der Waals surface area contributed by atoms with Crippen molar-refractivity contribution in [1.29, 1.82) is 0 Å². The fraction of sp³-hybridized carbons (Fsp3) is 0.675. The maximum Gasteiger partial charge on any atom is 0.273 e. The number of aryl methyl sites for hydroxylation is 2. The highest BCUT2D eigenvalue weighted by molar-refractivity contribution is 5.92. The molecule has 362 valence electrons. The summed E-state index contributed by atoms with van der Waals surface area (Å²) in [6.07, 6.45) is -23.4. The lowest BCUT2D eigenvalue weighted by Gasteiger charge is -2.48. The average Bonchev–Trinajstić information content (AvgIpc) is 3.97. The summed E-state index contributed by atoms with van der Waals surface area (Å²) in [5.74, 6) is 1.17. The number of aliphatic hydroxyl groups excluding tert-OH is 10. The lowest BCUT2D eigenvalue weighted by molar-refractivity contribution is -0.374. The van der Waals surface area contributed by atoms with E-state index in [1.807, 2.05) is 12.1 Å². The number of hydrogen-bond acceptors (Lipinski definition) is 23. The molecule has 6 rings (SSSR count). The van der Waals surface area contributed by atoms with Gasteiger partial charge in [-0.1, -0.05) is 16.7 Å². The lowest BCUT2D eigenvalue weighted by Crippen LogP contribution is -2.67. The lowest BCUT2D eigenvalue weighted by atomic mass is 9.95. The van der Waals surface area contributed by atoms with Crippen LogP contribution in [0.25, 0.3) is 11.4 Å². The molecule has 1 aromatic carbocycles. The summed E-state index contributed by atoms with van der Waals surface area (Å²) in [5, 5.41) is 117. The van der Waals surface area contributed by atoms with E-state index in [1.165, 1.54) is 0 Å². The molecule has 0 unspecified atom stereocenters. The molecular weight excluding hydrogens is 870 g/mol. The summed E-state index contributed by atoms with van der Waals surface area (Å²) >= 11 is 0. The van der Waals surface area contributed by atoms with E-state index in [0.717, 1.165) is 5.56 Å². The van der Waals surface area contributed by atoms with Crippen LogP contribution in [0.2, 0.25) is 0 Å². The first kappa shape index (κ1) is 50.1. The fourth-order valence-corrected chi connectivity index (χ4v) is 7.39. The third-order valence-electron chi connectivity index (χ3n) is 11.1. The van der Waals surface area contributed by atoms with Crippen molar-refractivity contribution in [3.8, 4) is 17.1 Å². The molecule has 3 aliphatic heterocycles. The first-order chi connectivity index (χ1) is 31.2. The number of aromatic nitrogens is 3. The molecule has 5 heterocycles. The summed E-state index contributed by atoms with van der Waals surface area (Å²) in [6.45, 7) is -0.0674. The van der Waals surface area contributed by atoms with Crippen LogP contribution in [0.5, 0.6) is 5.75 Å². The normalized spacial score (nSPS) is 32.8. The van der Waals surface area contributed by atoms with Gasteiger partial charge in [0.15, 0.2) is 24.5 Å². The molecule has 0 bridgehead atoms. The Balaban J connectivity index is 0.881. The van der Waals surface area contributed by atoms with Gasteiger partial charge in [-0.05, 0) is 43.5 Å². The number of hydrogen-bond donors (Lipinski definition) is 12. The zero-order valence-electron chi connectivity index (χ0n) is 35.2. The fourth-order valence-electron chi connectivity index (χ4n) is 7.39. The van der Waals surface area contributed by atoms with E-state index in [9.17, 15) is 60.7 Å². The second-order valence-electron chi connectivity index (χ2n) is 15.8. The zero-order chi connectivity index (χ0) is 46.8. The van der Waals surface area contributed by atoms with Gasteiger partial charge in [0, 0.05) is 37.9 Å². The predicted molar refractivity (Wildman–Crippen MR) is 213 cm³/mol. The minimum atomic E-state index is -1.97. The van der Waals surface area contributed by atoms with E-state index < -0.39 is 124 Å². The van der Waals surface area contributed by atoms with E-state index in [2.05, 4.69) is 25.9 Å². The molecule has 3 aromatic rings. The molecule has 0 radical (unpaired) electrons. The first-order valence-electron chi connectivity index (χ1n) is 21.2. The highest BCUT2D eigenvalue weighted by atomic mass is 16.7. The van der Waals surface area contributed by atoms with Crippen LogP contribution in [-0.2, 0) is 34.9 Å². The molecule has 0 aliphatic carbocycles. The molecule has 2 aromatic heterocycles. The number of ether oxygens (including phenoxy) is 6. The maximum absolute atomic E-state index is 12.8. The predicted octanol–water partition coefficient (Wildman–Crippen LogP) is -4.10. The van der Waals surface area contributed by atoms with Gasteiger partial charge in [0.2, 0.25) is 17.6 Å². The Kier molecular flexibility index (Phi) is 18.1. The Bertz CT molecular complexity index is 1930. The molecular formula is C40H57N5O20. The van der Waals surface area contributed by atoms with Gasteiger partial charge >= 0.3 is 0 Å². The minimum absolute atomic E-state index is 0.0230. The summed E-state index contributed by atoms with van der Waals surface area (Å²) in [7, 11) is 0. The summed E-state index contributed by atoms with van der Waals surface area (Å²) in [6, 6.07) is 8.83. The van der Waals surface area contributed by atoms with Crippen LogP contribution in [-0.4, -0.2) is 203 Å². The third kappa shape index (κ3) is 12.6. The van der Waals surface area contributed by atoms with E-state index >= 15 is 0 Å². The van der Waals surface area contributed by atoms with Crippen molar-refractivity contribution in [3.63, 3.8) is 0 Å². The van der Waals surface area contributed by atoms with Crippen LogP contribution < -0.4 is 15.4 Å². The van der Waals surface area contributed by atoms with Gasteiger partial charge in [-0.15, -0.1) is 0 Å². The Morgan fingerprint density at radius 3 is 2.05 bits per heavy atom. The topological polar surface area (TPSA) is 381 Å². The Morgan fingerprint density at radius 2 is 1.37 bits per heavy atom. The second-order valence-corrected chi connectivity index (χ2v) is 15.8. The second kappa shape index (κ2) is 23.4. The zero-order valence-corrected chi connectivity index (χ0v) is 35.2. The van der Waals surface area contributed by atoms with Crippen molar-refractivity contribution in [2.75, 3.05) is 33.0 Å². The number of rotatable bonds is 21. The molecule has 3 fully saturated rings. The summed E-state index contributed by atoms with van der Waals surface area (Å²) in [5.41, 5.74) is 0.919. The number of aliphatic hydroxyl groups is 10. The average molecular weight is 928 g/mol. The van der Waals surface area contributed by atoms with Crippen molar-refractivity contribution in [2.45, 2.75) is 138 Å². The number of amides is 2. The standard InChI is InChI=1S/C40H57N5O20/c1-18-42-36(45-64-18)19-8-10-20(11-9-19)58-13-5-6-21-14-22(44-65-21)37(57)41-12-4-2-3-7-26(49)43-38-31(54)30(53)34(25(17-48)59-38)62-40-33(56)35(28(51)24(16-47)61-40)63-39-32(55)29(52)27(50)23(15-46)60-39/h8-11,14,23-25,27-35,38-40,46-48,50-56H,2-7,12-13,15-17H2,1H3,(H,41,57)(H,43,49)/t23-,24-,25-,27+,28+,29+,30-,31-,32-,33-,34-,35+,38-,39+,40+/m1/s1. The summed E-state index contributed by atoms with van der Waals surface area (Å²) in [4.78, 5) is 29.6. The summed E-state index contributed by atoms with van der Waals surface area (Å²) < 4.78 is 43.8. The van der Waals surface area contributed by atoms with E-state index in [-0.39, 0.29) is 18.7 Å². The Labute approximate surface area is 370 Å². The number of carbonyl (C=O) groups is 2. The molecule has 3 saturated heterocycles. The molecule has 25 heteroatoms. The maximum atomic E-state index is 12.8. The van der Waals surface area contributed by atoms with Crippen LogP contribution in [0.1, 0.15) is 54.2 Å². The number of nitrogens with zero attached hydrogens (tertiary/aromatic N) is 3. The third-order valence-corrected chi connectivity index (χ3v) is 11.1. The molecule has 0 saturated carbocycles. The molecule has 15 atom stereocenters. The highest BCUT2D eigenvalue weighted by Crippen LogP contribution is 2.32. The molecule has 0 spiro atoms. The number of benzene rings is 1. The molecule has 65 heavy (non-hydrogen) atoms. The van der Waals surface area contributed by atoms with Crippen LogP contribution in [0.15, 0.2) is 39.4 Å². The van der Waals surface area contributed by atoms with Gasteiger partial charge in [-0.2, -0.15) is 4.98 Å². The number of nitrogens with one attached hydrogen (secondary N) is 2. The Hall–Kier alpha value is -4.29. The minimum Gasteiger partial charge on any atom is -0.494 e.